The molecule has 0 bridgehead atoms. The van der Waals surface area contributed by atoms with E-state index in [1.165, 1.54) is 13.4 Å². The summed E-state index contributed by atoms with van der Waals surface area (Å²) in [5.41, 5.74) is 6.67. The lowest BCUT2D eigenvalue weighted by Gasteiger charge is -2.32. The number of hydrogen-bond acceptors (Lipinski definition) is 6. The maximum Gasteiger partial charge on any atom is 0.308 e. The number of hydrogen-bond donors (Lipinski definition) is 1. The molecule has 0 atom stereocenters. The molecule has 0 aliphatic carbocycles. The summed E-state index contributed by atoms with van der Waals surface area (Å²) in [6, 6.07) is 0. The first-order valence-corrected chi connectivity index (χ1v) is 6.03. The molecular formula is C12H18N4O2. The molecule has 1 aliphatic heterocycles. The first kappa shape index (κ1) is 12.6. The summed E-state index contributed by atoms with van der Waals surface area (Å²) in [6.45, 7) is 3.49. The van der Waals surface area contributed by atoms with Gasteiger partial charge in [-0.15, -0.1) is 0 Å². The Morgan fingerprint density at radius 3 is 2.72 bits per heavy atom. The smallest absolute Gasteiger partial charge is 0.308 e. The van der Waals surface area contributed by atoms with Crippen LogP contribution in [0.5, 0.6) is 0 Å². The fourth-order valence-corrected chi connectivity index (χ4v) is 2.27. The largest absolute Gasteiger partial charge is 0.469 e. The van der Waals surface area contributed by atoms with Crippen LogP contribution in [0.3, 0.4) is 0 Å². The van der Waals surface area contributed by atoms with Gasteiger partial charge in [-0.05, 0) is 19.8 Å². The minimum Gasteiger partial charge on any atom is -0.469 e. The van der Waals surface area contributed by atoms with Crippen LogP contribution in [-0.4, -0.2) is 36.1 Å². The Hall–Kier alpha value is -1.85. The van der Waals surface area contributed by atoms with E-state index >= 15 is 0 Å². The number of aromatic nitrogens is 2. The van der Waals surface area contributed by atoms with Gasteiger partial charge < -0.3 is 15.4 Å². The van der Waals surface area contributed by atoms with Crippen LogP contribution in [0.15, 0.2) is 6.33 Å². The average Bonchev–Trinajstić information content (AvgIpc) is 2.41. The van der Waals surface area contributed by atoms with Gasteiger partial charge in [0.1, 0.15) is 18.0 Å². The number of carbonyl (C=O) groups excluding carboxylic acids is 1. The third-order valence-electron chi connectivity index (χ3n) is 3.43. The van der Waals surface area contributed by atoms with E-state index in [1.54, 1.807) is 0 Å². The number of methoxy groups -OCH3 is 1. The molecule has 6 nitrogen and oxygen atoms in total. The van der Waals surface area contributed by atoms with Gasteiger partial charge >= 0.3 is 5.97 Å². The van der Waals surface area contributed by atoms with Crippen LogP contribution in [0.4, 0.5) is 11.6 Å². The highest BCUT2D eigenvalue weighted by Crippen LogP contribution is 2.26. The van der Waals surface area contributed by atoms with Crippen molar-refractivity contribution >= 4 is 17.6 Å². The number of esters is 1. The molecule has 1 saturated heterocycles. The summed E-state index contributed by atoms with van der Waals surface area (Å²) in [4.78, 5) is 21.8. The third kappa shape index (κ3) is 2.37. The second kappa shape index (κ2) is 5.20. The van der Waals surface area contributed by atoms with Crippen molar-refractivity contribution in [3.8, 4) is 0 Å². The van der Waals surface area contributed by atoms with Crippen LogP contribution in [-0.2, 0) is 9.53 Å². The molecule has 0 aromatic carbocycles. The summed E-state index contributed by atoms with van der Waals surface area (Å²) in [5, 5.41) is 0. The number of rotatable bonds is 2. The van der Waals surface area contributed by atoms with Crippen molar-refractivity contribution in [2.45, 2.75) is 19.8 Å². The quantitative estimate of drug-likeness (QED) is 0.780. The molecule has 0 saturated carbocycles. The second-order valence-electron chi connectivity index (χ2n) is 4.49. The Bertz CT molecular complexity index is 442. The highest BCUT2D eigenvalue weighted by Gasteiger charge is 2.27. The number of ether oxygens (including phenoxy) is 1. The van der Waals surface area contributed by atoms with E-state index in [2.05, 4.69) is 14.9 Å². The highest BCUT2D eigenvalue weighted by molar-refractivity contribution is 5.72. The fraction of sp³-hybridized carbons (Fsp3) is 0.583. The van der Waals surface area contributed by atoms with Crippen LogP contribution >= 0.6 is 0 Å². The van der Waals surface area contributed by atoms with Gasteiger partial charge in [0.2, 0.25) is 0 Å². The van der Waals surface area contributed by atoms with E-state index in [0.29, 0.717) is 5.82 Å². The third-order valence-corrected chi connectivity index (χ3v) is 3.43. The van der Waals surface area contributed by atoms with Crippen molar-refractivity contribution in [1.29, 1.82) is 0 Å². The molecule has 18 heavy (non-hydrogen) atoms. The van der Waals surface area contributed by atoms with E-state index in [4.69, 9.17) is 10.5 Å². The van der Waals surface area contributed by atoms with Crippen molar-refractivity contribution in [2.75, 3.05) is 30.8 Å². The van der Waals surface area contributed by atoms with Crippen LogP contribution in [0.2, 0.25) is 0 Å². The van der Waals surface area contributed by atoms with Gasteiger partial charge in [-0.3, -0.25) is 4.79 Å². The van der Waals surface area contributed by atoms with Crippen molar-refractivity contribution < 1.29 is 9.53 Å². The molecule has 1 aliphatic rings. The minimum atomic E-state index is -0.117. The average molecular weight is 250 g/mol. The monoisotopic (exact) mass is 250 g/mol. The molecule has 6 heteroatoms. The topological polar surface area (TPSA) is 81.3 Å². The first-order valence-electron chi connectivity index (χ1n) is 6.03. The Labute approximate surface area is 106 Å². The van der Waals surface area contributed by atoms with Crippen molar-refractivity contribution in [3.05, 3.63) is 11.9 Å². The minimum absolute atomic E-state index is 0.00532. The first-order chi connectivity index (χ1) is 8.63. The van der Waals surface area contributed by atoms with Crippen molar-refractivity contribution in [1.82, 2.24) is 9.97 Å². The number of piperidine rings is 1. The van der Waals surface area contributed by atoms with E-state index in [9.17, 15) is 4.79 Å². The zero-order valence-corrected chi connectivity index (χ0v) is 10.7. The standard InChI is InChI=1S/C12H18N4O2/c1-8-10(13)14-7-15-11(8)16-5-3-9(4-6-16)12(17)18-2/h7,9H,3-6H2,1-2H3,(H2,13,14,15). The lowest BCUT2D eigenvalue weighted by Crippen LogP contribution is -2.37. The second-order valence-corrected chi connectivity index (χ2v) is 4.49. The van der Waals surface area contributed by atoms with Gasteiger partial charge in [0, 0.05) is 18.7 Å². The Morgan fingerprint density at radius 2 is 2.11 bits per heavy atom. The van der Waals surface area contributed by atoms with E-state index < -0.39 is 0 Å². The maximum absolute atomic E-state index is 11.4. The van der Waals surface area contributed by atoms with E-state index in [0.717, 1.165) is 37.3 Å². The van der Waals surface area contributed by atoms with Crippen LogP contribution in [0.25, 0.3) is 0 Å². The van der Waals surface area contributed by atoms with Crippen molar-refractivity contribution in [2.24, 2.45) is 5.92 Å². The molecule has 2 rings (SSSR count). The number of nitrogens with zero attached hydrogens (tertiary/aromatic N) is 3. The fourth-order valence-electron chi connectivity index (χ4n) is 2.27. The zero-order chi connectivity index (χ0) is 13.1. The van der Waals surface area contributed by atoms with Crippen molar-refractivity contribution in [3.63, 3.8) is 0 Å². The molecule has 2 heterocycles. The summed E-state index contributed by atoms with van der Waals surface area (Å²) >= 11 is 0. The number of carbonyl (C=O) groups is 1. The zero-order valence-electron chi connectivity index (χ0n) is 10.7. The molecule has 98 valence electrons. The Morgan fingerprint density at radius 1 is 1.44 bits per heavy atom. The van der Waals surface area contributed by atoms with Crippen LogP contribution in [0, 0.1) is 12.8 Å². The van der Waals surface area contributed by atoms with E-state index in [-0.39, 0.29) is 11.9 Å². The van der Waals surface area contributed by atoms with Gasteiger partial charge in [-0.2, -0.15) is 0 Å². The molecule has 0 radical (unpaired) electrons. The normalized spacial score (nSPS) is 16.7. The lowest BCUT2D eigenvalue weighted by molar-refractivity contribution is -0.146. The van der Waals surface area contributed by atoms with Crippen LogP contribution in [0.1, 0.15) is 18.4 Å². The number of anilines is 2. The molecule has 1 fully saturated rings. The molecular weight excluding hydrogens is 232 g/mol. The predicted molar refractivity (Wildman–Crippen MR) is 68.1 cm³/mol. The van der Waals surface area contributed by atoms with Crippen LogP contribution < -0.4 is 10.6 Å². The Balaban J connectivity index is 2.06. The predicted octanol–water partition coefficient (Wildman–Crippen LogP) is 0.757. The maximum atomic E-state index is 11.4. The highest BCUT2D eigenvalue weighted by atomic mass is 16.5. The summed E-state index contributed by atoms with van der Waals surface area (Å²) in [7, 11) is 1.43. The SMILES string of the molecule is COC(=O)C1CCN(c2ncnc(N)c2C)CC1. The van der Waals surface area contributed by atoms with Gasteiger partial charge in [0.05, 0.1) is 13.0 Å². The molecule has 0 amide bonds. The molecule has 1 aromatic rings. The van der Waals surface area contributed by atoms with Gasteiger partial charge in [0.25, 0.3) is 0 Å². The molecule has 2 N–H and O–H groups in total. The van der Waals surface area contributed by atoms with Gasteiger partial charge in [-0.1, -0.05) is 0 Å². The number of nitrogen functional groups attached to an aromatic ring is 1. The summed E-state index contributed by atoms with van der Waals surface area (Å²) in [5.74, 6) is 1.26. The summed E-state index contributed by atoms with van der Waals surface area (Å²) in [6.07, 6.45) is 3.05. The van der Waals surface area contributed by atoms with Gasteiger partial charge in [-0.25, -0.2) is 9.97 Å². The lowest BCUT2D eigenvalue weighted by atomic mass is 9.97. The molecule has 0 unspecified atom stereocenters. The van der Waals surface area contributed by atoms with Gasteiger partial charge in [0.15, 0.2) is 0 Å². The molecule has 0 spiro atoms. The molecule has 1 aromatic heterocycles. The number of nitrogens with two attached hydrogens (primary N) is 1. The van der Waals surface area contributed by atoms with E-state index in [1.807, 2.05) is 6.92 Å². The Kier molecular flexibility index (Phi) is 3.64. The summed E-state index contributed by atoms with van der Waals surface area (Å²) < 4.78 is 4.77.